The van der Waals surface area contributed by atoms with E-state index in [4.69, 9.17) is 34.8 Å². The van der Waals surface area contributed by atoms with E-state index in [9.17, 15) is 4.79 Å². The van der Waals surface area contributed by atoms with Gasteiger partial charge in [0.05, 0.1) is 21.5 Å². The van der Waals surface area contributed by atoms with Gasteiger partial charge in [-0.15, -0.1) is 10.2 Å². The van der Waals surface area contributed by atoms with Gasteiger partial charge in [0.1, 0.15) is 0 Å². The van der Waals surface area contributed by atoms with Crippen molar-refractivity contribution in [3.63, 3.8) is 0 Å². The lowest BCUT2D eigenvalue weighted by molar-refractivity contribution is -0.113. The third-order valence-corrected chi connectivity index (χ3v) is 5.82. The smallest absolute Gasteiger partial charge is 0.234 e. The molecule has 0 bridgehead atoms. The SMILES string of the molecule is O=C(CSc1nnc(Nc2ccccc2)s1)Nc1c(Cl)cc(Cl)cc1Cl. The topological polar surface area (TPSA) is 66.9 Å². The van der Waals surface area contributed by atoms with Crippen LogP contribution in [-0.4, -0.2) is 21.9 Å². The number of hydrogen-bond acceptors (Lipinski definition) is 6. The number of halogens is 3. The van der Waals surface area contributed by atoms with Gasteiger partial charge < -0.3 is 10.6 Å². The van der Waals surface area contributed by atoms with E-state index in [-0.39, 0.29) is 21.7 Å². The molecule has 1 aromatic heterocycles. The largest absolute Gasteiger partial charge is 0.330 e. The molecule has 2 aromatic carbocycles. The highest BCUT2D eigenvalue weighted by Crippen LogP contribution is 2.34. The predicted octanol–water partition coefficient (Wildman–Crippen LogP) is 5.97. The Kier molecular flexibility index (Phi) is 6.61. The van der Waals surface area contributed by atoms with Crippen LogP contribution < -0.4 is 10.6 Å². The fourth-order valence-electron chi connectivity index (χ4n) is 1.93. The second-order valence-corrected chi connectivity index (χ2v) is 8.40. The summed E-state index contributed by atoms with van der Waals surface area (Å²) in [5, 5.41) is 15.6. The molecule has 1 amide bonds. The molecule has 0 aliphatic heterocycles. The molecule has 5 nitrogen and oxygen atoms in total. The van der Waals surface area contributed by atoms with Crippen LogP contribution in [-0.2, 0) is 4.79 Å². The molecule has 0 fully saturated rings. The molecule has 134 valence electrons. The number of rotatable bonds is 6. The lowest BCUT2D eigenvalue weighted by Gasteiger charge is -2.09. The van der Waals surface area contributed by atoms with Crippen LogP contribution in [0.3, 0.4) is 0 Å². The zero-order chi connectivity index (χ0) is 18.5. The van der Waals surface area contributed by atoms with Gasteiger partial charge in [0.15, 0.2) is 4.34 Å². The van der Waals surface area contributed by atoms with Crippen LogP contribution in [0.1, 0.15) is 0 Å². The van der Waals surface area contributed by atoms with E-state index in [1.54, 1.807) is 0 Å². The highest BCUT2D eigenvalue weighted by Gasteiger charge is 2.13. The lowest BCUT2D eigenvalue weighted by Crippen LogP contribution is -2.14. The van der Waals surface area contributed by atoms with Crippen molar-refractivity contribution in [1.29, 1.82) is 0 Å². The van der Waals surface area contributed by atoms with Crippen molar-refractivity contribution in [1.82, 2.24) is 10.2 Å². The maximum Gasteiger partial charge on any atom is 0.234 e. The molecule has 0 atom stereocenters. The summed E-state index contributed by atoms with van der Waals surface area (Å²) >= 11 is 20.6. The van der Waals surface area contributed by atoms with Gasteiger partial charge >= 0.3 is 0 Å². The van der Waals surface area contributed by atoms with Crippen LogP contribution >= 0.6 is 57.9 Å². The summed E-state index contributed by atoms with van der Waals surface area (Å²) in [4.78, 5) is 12.1. The molecule has 1 heterocycles. The van der Waals surface area contributed by atoms with Gasteiger partial charge in [-0.05, 0) is 24.3 Å². The van der Waals surface area contributed by atoms with Crippen molar-refractivity contribution >= 4 is 80.3 Å². The number of benzene rings is 2. The molecule has 3 aromatic rings. The van der Waals surface area contributed by atoms with Gasteiger partial charge in [-0.2, -0.15) is 0 Å². The monoisotopic (exact) mass is 444 g/mol. The normalized spacial score (nSPS) is 10.6. The number of carbonyl (C=O) groups is 1. The van der Waals surface area contributed by atoms with Gasteiger partial charge in [0.2, 0.25) is 11.0 Å². The Morgan fingerprint density at radius 3 is 2.46 bits per heavy atom. The Hall–Kier alpha value is -1.51. The minimum Gasteiger partial charge on any atom is -0.330 e. The average molecular weight is 446 g/mol. The van der Waals surface area contributed by atoms with Gasteiger partial charge in [0.25, 0.3) is 0 Å². The van der Waals surface area contributed by atoms with Crippen molar-refractivity contribution in [2.24, 2.45) is 0 Å². The quantitative estimate of drug-likeness (QED) is 0.457. The molecule has 26 heavy (non-hydrogen) atoms. The molecule has 0 aliphatic carbocycles. The van der Waals surface area contributed by atoms with E-state index < -0.39 is 0 Å². The Morgan fingerprint density at radius 1 is 1.08 bits per heavy atom. The summed E-state index contributed by atoms with van der Waals surface area (Å²) in [5.74, 6) is -0.108. The maximum absolute atomic E-state index is 12.1. The summed E-state index contributed by atoms with van der Waals surface area (Å²) < 4.78 is 0.673. The number of para-hydroxylation sites is 1. The maximum atomic E-state index is 12.1. The van der Waals surface area contributed by atoms with Crippen LogP contribution in [0.15, 0.2) is 46.8 Å². The number of anilines is 3. The fourth-order valence-corrected chi connectivity index (χ4v) is 4.41. The summed E-state index contributed by atoms with van der Waals surface area (Å²) in [6, 6.07) is 12.7. The molecular formula is C16H11Cl3N4OS2. The van der Waals surface area contributed by atoms with Crippen molar-refractivity contribution in [3.05, 3.63) is 57.5 Å². The summed E-state index contributed by atoms with van der Waals surface area (Å²) in [7, 11) is 0. The highest BCUT2D eigenvalue weighted by atomic mass is 35.5. The molecule has 0 spiro atoms. The molecule has 2 N–H and O–H groups in total. The fraction of sp³-hybridized carbons (Fsp3) is 0.0625. The van der Waals surface area contributed by atoms with Crippen molar-refractivity contribution in [2.75, 3.05) is 16.4 Å². The van der Waals surface area contributed by atoms with E-state index in [0.717, 1.165) is 5.69 Å². The molecule has 10 heteroatoms. The Bertz CT molecular complexity index is 898. The van der Waals surface area contributed by atoms with Gasteiger partial charge in [-0.25, -0.2) is 0 Å². The zero-order valence-electron chi connectivity index (χ0n) is 13.0. The number of aromatic nitrogens is 2. The first-order valence-corrected chi connectivity index (χ1v) is 10.2. The zero-order valence-corrected chi connectivity index (χ0v) is 16.9. The Balaban J connectivity index is 1.55. The van der Waals surface area contributed by atoms with Gasteiger partial charge in [0, 0.05) is 10.7 Å². The van der Waals surface area contributed by atoms with E-state index in [0.29, 0.717) is 20.2 Å². The minimum absolute atomic E-state index is 0.148. The number of carbonyl (C=O) groups excluding carboxylic acids is 1. The first kappa shape index (κ1) is 19.3. The van der Waals surface area contributed by atoms with Crippen molar-refractivity contribution in [2.45, 2.75) is 4.34 Å². The first-order chi connectivity index (χ1) is 12.5. The predicted molar refractivity (Wildman–Crippen MR) is 110 cm³/mol. The van der Waals surface area contributed by atoms with Crippen molar-refractivity contribution in [3.8, 4) is 0 Å². The third-order valence-electron chi connectivity index (χ3n) is 3.03. The van der Waals surface area contributed by atoms with Crippen molar-refractivity contribution < 1.29 is 4.79 Å². The average Bonchev–Trinajstić information content (AvgIpc) is 3.04. The molecule has 0 aliphatic rings. The van der Waals surface area contributed by atoms with Crippen LogP contribution in [0.4, 0.5) is 16.5 Å². The molecule has 0 unspecified atom stereocenters. The Labute approximate surface area is 173 Å². The molecule has 0 saturated carbocycles. The number of nitrogens with zero attached hydrogens (tertiary/aromatic N) is 2. The molecule has 0 radical (unpaired) electrons. The standard InChI is InChI=1S/C16H11Cl3N4OS2/c17-9-6-11(18)14(12(19)7-9)21-13(24)8-25-16-23-22-15(26-16)20-10-4-2-1-3-5-10/h1-7H,8H2,(H,20,22)(H,21,24). The second-order valence-electron chi connectivity index (χ2n) is 4.95. The van der Waals surface area contributed by atoms with E-state index in [1.807, 2.05) is 30.3 Å². The number of hydrogen-bond donors (Lipinski definition) is 2. The molecular weight excluding hydrogens is 435 g/mol. The minimum atomic E-state index is -0.256. The molecule has 0 saturated heterocycles. The summed E-state index contributed by atoms with van der Waals surface area (Å²) in [5.41, 5.74) is 1.26. The Morgan fingerprint density at radius 2 is 1.77 bits per heavy atom. The summed E-state index contributed by atoms with van der Waals surface area (Å²) in [6.07, 6.45) is 0. The van der Waals surface area contributed by atoms with E-state index >= 15 is 0 Å². The number of nitrogens with one attached hydrogen (secondary N) is 2. The van der Waals surface area contributed by atoms with Crippen LogP contribution in [0, 0.1) is 0 Å². The lowest BCUT2D eigenvalue weighted by atomic mass is 10.3. The van der Waals surface area contributed by atoms with Crippen LogP contribution in [0.2, 0.25) is 15.1 Å². The second kappa shape index (κ2) is 8.92. The summed E-state index contributed by atoms with van der Waals surface area (Å²) in [6.45, 7) is 0. The number of thioether (sulfide) groups is 1. The highest BCUT2D eigenvalue weighted by molar-refractivity contribution is 8.01. The third kappa shape index (κ3) is 5.25. The van der Waals surface area contributed by atoms with E-state index in [1.165, 1.54) is 35.2 Å². The molecule has 3 rings (SSSR count). The van der Waals surface area contributed by atoms with E-state index in [2.05, 4.69) is 20.8 Å². The van der Waals surface area contributed by atoms with Crippen LogP contribution in [0.25, 0.3) is 0 Å². The van der Waals surface area contributed by atoms with Gasteiger partial charge in [-0.1, -0.05) is 76.1 Å². The number of amides is 1. The van der Waals surface area contributed by atoms with Gasteiger partial charge in [-0.3, -0.25) is 4.79 Å². The first-order valence-electron chi connectivity index (χ1n) is 7.24. The van der Waals surface area contributed by atoms with Crippen LogP contribution in [0.5, 0.6) is 0 Å².